The quantitative estimate of drug-likeness (QED) is 0.392. The third-order valence-electron chi connectivity index (χ3n) is 3.90. The number of nitrogens with one attached hydrogen (secondary N) is 1. The SMILES string of the molecule is CCc1ccccc1OCC(=O)OCC(=O)c1ccc(SC)c(NC(C)=O)c1. The summed E-state index contributed by atoms with van der Waals surface area (Å²) in [5, 5.41) is 2.69. The maximum Gasteiger partial charge on any atom is 0.344 e. The predicted octanol–water partition coefficient (Wildman–Crippen LogP) is 3.73. The molecule has 2 aromatic rings. The number of rotatable bonds is 9. The van der Waals surface area contributed by atoms with E-state index in [1.807, 2.05) is 31.4 Å². The molecule has 0 spiro atoms. The van der Waals surface area contributed by atoms with Gasteiger partial charge in [-0.2, -0.15) is 0 Å². The number of carbonyl (C=O) groups is 3. The molecule has 0 unspecified atom stereocenters. The molecule has 2 rings (SSSR count). The number of hydrogen-bond donors (Lipinski definition) is 1. The highest BCUT2D eigenvalue weighted by molar-refractivity contribution is 7.98. The van der Waals surface area contributed by atoms with E-state index in [0.29, 0.717) is 17.0 Å². The summed E-state index contributed by atoms with van der Waals surface area (Å²) in [4.78, 5) is 36.4. The van der Waals surface area contributed by atoms with Crippen molar-refractivity contribution < 1.29 is 23.9 Å². The predicted molar refractivity (Wildman–Crippen MR) is 109 cm³/mol. The molecule has 0 atom stereocenters. The van der Waals surface area contributed by atoms with Crippen molar-refractivity contribution in [2.45, 2.75) is 25.2 Å². The van der Waals surface area contributed by atoms with E-state index in [1.54, 1.807) is 24.3 Å². The van der Waals surface area contributed by atoms with Crippen LogP contribution in [0.3, 0.4) is 0 Å². The molecule has 6 nitrogen and oxygen atoms in total. The van der Waals surface area contributed by atoms with Crippen LogP contribution >= 0.6 is 11.8 Å². The number of ketones is 1. The Balaban J connectivity index is 1.92. The third-order valence-corrected chi connectivity index (χ3v) is 4.69. The second-order valence-corrected chi connectivity index (χ2v) is 6.78. The van der Waals surface area contributed by atoms with Crippen LogP contribution in [0.4, 0.5) is 5.69 Å². The van der Waals surface area contributed by atoms with Gasteiger partial charge in [0.2, 0.25) is 5.91 Å². The molecule has 28 heavy (non-hydrogen) atoms. The lowest BCUT2D eigenvalue weighted by molar-refractivity contribution is -0.144. The fourth-order valence-electron chi connectivity index (χ4n) is 2.51. The number of thioether (sulfide) groups is 1. The van der Waals surface area contributed by atoms with Crippen LogP contribution in [0.2, 0.25) is 0 Å². The Morgan fingerprint density at radius 3 is 2.50 bits per heavy atom. The normalized spacial score (nSPS) is 10.2. The molecule has 0 radical (unpaired) electrons. The molecule has 0 aliphatic rings. The molecule has 0 bridgehead atoms. The van der Waals surface area contributed by atoms with Crippen LogP contribution in [0, 0.1) is 0 Å². The molecule has 0 fully saturated rings. The number of amides is 1. The Labute approximate surface area is 168 Å². The minimum absolute atomic E-state index is 0.226. The van der Waals surface area contributed by atoms with Crippen LogP contribution in [0.5, 0.6) is 5.75 Å². The van der Waals surface area contributed by atoms with E-state index in [4.69, 9.17) is 9.47 Å². The third kappa shape index (κ3) is 6.13. The van der Waals surface area contributed by atoms with E-state index >= 15 is 0 Å². The Morgan fingerprint density at radius 2 is 1.82 bits per heavy atom. The number of ether oxygens (including phenoxy) is 2. The van der Waals surface area contributed by atoms with Gasteiger partial charge in [-0.25, -0.2) is 4.79 Å². The van der Waals surface area contributed by atoms with Crippen molar-refractivity contribution in [3.05, 3.63) is 53.6 Å². The number of para-hydroxylation sites is 1. The number of benzene rings is 2. The largest absolute Gasteiger partial charge is 0.482 e. The van der Waals surface area contributed by atoms with Crippen molar-refractivity contribution >= 4 is 35.1 Å². The van der Waals surface area contributed by atoms with Gasteiger partial charge in [-0.1, -0.05) is 31.2 Å². The fourth-order valence-corrected chi connectivity index (χ4v) is 3.05. The first kappa shape index (κ1) is 21.5. The number of Topliss-reactive ketones (excluding diaryl/α,β-unsaturated/α-hetero) is 1. The molecule has 0 aromatic heterocycles. The summed E-state index contributed by atoms with van der Waals surface area (Å²) in [6.07, 6.45) is 2.66. The van der Waals surface area contributed by atoms with Crippen LogP contribution < -0.4 is 10.1 Å². The molecular formula is C21H23NO5S. The first-order valence-corrected chi connectivity index (χ1v) is 10.0. The Bertz CT molecular complexity index is 866. The summed E-state index contributed by atoms with van der Waals surface area (Å²) in [5.41, 5.74) is 1.90. The lowest BCUT2D eigenvalue weighted by atomic mass is 10.1. The molecule has 1 amide bonds. The molecule has 0 aliphatic heterocycles. The van der Waals surface area contributed by atoms with Gasteiger partial charge in [0.15, 0.2) is 19.0 Å². The molecule has 2 aromatic carbocycles. The van der Waals surface area contributed by atoms with Crippen molar-refractivity contribution in [2.24, 2.45) is 0 Å². The second-order valence-electron chi connectivity index (χ2n) is 5.93. The van der Waals surface area contributed by atoms with Gasteiger partial charge in [0.05, 0.1) is 5.69 Å². The average Bonchev–Trinajstić information content (AvgIpc) is 2.70. The van der Waals surface area contributed by atoms with E-state index in [1.165, 1.54) is 18.7 Å². The minimum Gasteiger partial charge on any atom is -0.482 e. The smallest absolute Gasteiger partial charge is 0.344 e. The van der Waals surface area contributed by atoms with Crippen LogP contribution in [-0.2, 0) is 20.7 Å². The van der Waals surface area contributed by atoms with E-state index in [0.717, 1.165) is 16.9 Å². The summed E-state index contributed by atoms with van der Waals surface area (Å²) in [6.45, 7) is 2.73. The zero-order chi connectivity index (χ0) is 20.5. The van der Waals surface area contributed by atoms with Gasteiger partial charge in [-0.3, -0.25) is 9.59 Å². The maximum atomic E-state index is 12.3. The number of hydrogen-bond acceptors (Lipinski definition) is 6. The van der Waals surface area contributed by atoms with E-state index < -0.39 is 12.6 Å². The molecule has 1 N–H and O–H groups in total. The summed E-state index contributed by atoms with van der Waals surface area (Å²) in [6, 6.07) is 12.4. The molecular weight excluding hydrogens is 378 g/mol. The molecule has 0 saturated heterocycles. The second kappa shape index (κ2) is 10.5. The first-order valence-electron chi connectivity index (χ1n) is 8.79. The average molecular weight is 401 g/mol. The molecule has 0 heterocycles. The van der Waals surface area contributed by atoms with Gasteiger partial charge in [0.1, 0.15) is 5.75 Å². The number of aryl methyl sites for hydroxylation is 1. The first-order chi connectivity index (χ1) is 13.4. The maximum absolute atomic E-state index is 12.3. The summed E-state index contributed by atoms with van der Waals surface area (Å²) < 4.78 is 10.5. The Hall–Kier alpha value is -2.80. The van der Waals surface area contributed by atoms with Crippen molar-refractivity contribution in [2.75, 3.05) is 24.8 Å². The highest BCUT2D eigenvalue weighted by Gasteiger charge is 2.14. The van der Waals surface area contributed by atoms with Gasteiger partial charge in [0, 0.05) is 17.4 Å². The zero-order valence-electron chi connectivity index (χ0n) is 16.1. The Kier molecular flexibility index (Phi) is 8.07. The standard InChI is InChI=1S/C21H23NO5S/c1-4-15-7-5-6-8-19(15)26-13-21(25)27-12-18(24)16-9-10-20(28-3)17(11-16)22-14(2)23/h5-11H,4,12-13H2,1-3H3,(H,22,23). The van der Waals surface area contributed by atoms with Crippen molar-refractivity contribution in [3.63, 3.8) is 0 Å². The van der Waals surface area contributed by atoms with Gasteiger partial charge in [-0.15, -0.1) is 11.8 Å². The van der Waals surface area contributed by atoms with Crippen LogP contribution in [0.1, 0.15) is 29.8 Å². The van der Waals surface area contributed by atoms with Crippen molar-refractivity contribution in [1.29, 1.82) is 0 Å². The number of carbonyl (C=O) groups excluding carboxylic acids is 3. The number of anilines is 1. The summed E-state index contributed by atoms with van der Waals surface area (Å²) >= 11 is 1.46. The monoisotopic (exact) mass is 401 g/mol. The highest BCUT2D eigenvalue weighted by atomic mass is 32.2. The van der Waals surface area contributed by atoms with Crippen LogP contribution in [-0.4, -0.2) is 37.1 Å². The zero-order valence-corrected chi connectivity index (χ0v) is 16.9. The van der Waals surface area contributed by atoms with Crippen molar-refractivity contribution in [1.82, 2.24) is 0 Å². The highest BCUT2D eigenvalue weighted by Crippen LogP contribution is 2.26. The van der Waals surface area contributed by atoms with Crippen molar-refractivity contribution in [3.8, 4) is 5.75 Å². The van der Waals surface area contributed by atoms with Gasteiger partial charge >= 0.3 is 5.97 Å². The van der Waals surface area contributed by atoms with E-state index in [9.17, 15) is 14.4 Å². The molecule has 148 valence electrons. The lowest BCUT2D eigenvalue weighted by Crippen LogP contribution is -2.20. The van der Waals surface area contributed by atoms with Gasteiger partial charge < -0.3 is 14.8 Å². The molecule has 0 saturated carbocycles. The van der Waals surface area contributed by atoms with E-state index in [-0.39, 0.29) is 18.3 Å². The molecule has 7 heteroatoms. The van der Waals surface area contributed by atoms with Crippen LogP contribution in [0.15, 0.2) is 47.4 Å². The summed E-state index contributed by atoms with van der Waals surface area (Å²) in [5.74, 6) is -0.583. The summed E-state index contributed by atoms with van der Waals surface area (Å²) in [7, 11) is 0. The molecule has 0 aliphatic carbocycles. The van der Waals surface area contributed by atoms with Gasteiger partial charge in [-0.05, 0) is 36.4 Å². The Morgan fingerprint density at radius 1 is 1.07 bits per heavy atom. The topological polar surface area (TPSA) is 81.7 Å². The lowest BCUT2D eigenvalue weighted by Gasteiger charge is -2.11. The minimum atomic E-state index is -0.623. The van der Waals surface area contributed by atoms with E-state index in [2.05, 4.69) is 5.32 Å². The van der Waals surface area contributed by atoms with Gasteiger partial charge in [0.25, 0.3) is 0 Å². The number of esters is 1. The fraction of sp³-hybridized carbons (Fsp3) is 0.286. The van der Waals surface area contributed by atoms with Crippen LogP contribution in [0.25, 0.3) is 0 Å².